The Morgan fingerprint density at radius 3 is 2.40 bits per heavy atom. The highest BCUT2D eigenvalue weighted by molar-refractivity contribution is 5.08. The summed E-state index contributed by atoms with van der Waals surface area (Å²) in [7, 11) is 0. The topological polar surface area (TPSA) is 0 Å². The van der Waals surface area contributed by atoms with Gasteiger partial charge < -0.3 is 0 Å². The van der Waals surface area contributed by atoms with Gasteiger partial charge >= 0.3 is 0 Å². The fraction of sp³-hybridized carbons (Fsp3) is 0.800. The van der Waals surface area contributed by atoms with Crippen LogP contribution in [0, 0.1) is 11.8 Å². The Kier molecular flexibility index (Phi) is 10.7. The van der Waals surface area contributed by atoms with Gasteiger partial charge in [-0.2, -0.15) is 0 Å². The lowest BCUT2D eigenvalue weighted by Crippen LogP contribution is -2.05. The third-order valence-corrected chi connectivity index (χ3v) is 4.59. The van der Waals surface area contributed by atoms with E-state index >= 15 is 0 Å². The van der Waals surface area contributed by atoms with Gasteiger partial charge in [-0.3, -0.25) is 0 Å². The number of rotatable bonds is 12. The Morgan fingerprint density at radius 2 is 1.60 bits per heavy atom. The molecule has 20 heavy (non-hydrogen) atoms. The lowest BCUT2D eigenvalue weighted by Gasteiger charge is -2.15. The molecule has 0 aromatic rings. The summed E-state index contributed by atoms with van der Waals surface area (Å²) < 4.78 is 0. The van der Waals surface area contributed by atoms with Gasteiger partial charge in [0, 0.05) is 0 Å². The second-order valence-corrected chi connectivity index (χ2v) is 6.47. The lowest BCUT2D eigenvalue weighted by molar-refractivity contribution is 0.445. The van der Waals surface area contributed by atoms with Crippen LogP contribution in [-0.2, 0) is 0 Å². The molecule has 0 aromatic carbocycles. The summed E-state index contributed by atoms with van der Waals surface area (Å²) in [6.07, 6.45) is 26.4. The zero-order chi connectivity index (χ0) is 14.5. The molecule has 0 heterocycles. The summed E-state index contributed by atoms with van der Waals surface area (Å²) in [5.74, 6) is 1.65. The molecule has 0 nitrogen and oxygen atoms in total. The molecule has 0 N–H and O–H groups in total. The number of unbranched alkanes of at least 4 members (excludes halogenated alkanes) is 8. The highest BCUT2D eigenvalue weighted by atomic mass is 14.2. The van der Waals surface area contributed by atoms with Crippen molar-refractivity contribution in [1.82, 2.24) is 0 Å². The van der Waals surface area contributed by atoms with E-state index in [0.717, 1.165) is 11.8 Å². The van der Waals surface area contributed by atoms with Crippen LogP contribution >= 0.6 is 0 Å². The molecular formula is C20H36. The minimum absolute atomic E-state index is 0.812. The average molecular weight is 277 g/mol. The van der Waals surface area contributed by atoms with E-state index in [1.165, 1.54) is 77.0 Å². The van der Waals surface area contributed by atoms with E-state index in [1.54, 1.807) is 0 Å². The first kappa shape index (κ1) is 17.5. The Morgan fingerprint density at radius 1 is 0.900 bits per heavy atom. The molecule has 0 fully saturated rings. The monoisotopic (exact) mass is 276 g/mol. The Labute approximate surface area is 127 Å². The van der Waals surface area contributed by atoms with E-state index in [-0.39, 0.29) is 0 Å². The van der Waals surface area contributed by atoms with Gasteiger partial charge in [0.2, 0.25) is 0 Å². The molecule has 0 amide bonds. The second-order valence-electron chi connectivity index (χ2n) is 6.47. The number of hydrogen-bond donors (Lipinski definition) is 0. The van der Waals surface area contributed by atoms with Crippen LogP contribution in [-0.4, -0.2) is 0 Å². The normalized spacial score (nSPS) is 22.1. The van der Waals surface area contributed by atoms with Gasteiger partial charge in [-0.1, -0.05) is 89.5 Å². The van der Waals surface area contributed by atoms with Crippen molar-refractivity contribution in [2.24, 2.45) is 11.8 Å². The molecule has 1 rings (SSSR count). The van der Waals surface area contributed by atoms with Gasteiger partial charge in [-0.25, -0.2) is 0 Å². The Balaban J connectivity index is 2.09. The van der Waals surface area contributed by atoms with Gasteiger partial charge in [-0.05, 0) is 37.5 Å². The minimum atomic E-state index is 0.812. The van der Waals surface area contributed by atoms with E-state index in [9.17, 15) is 0 Å². The highest BCUT2D eigenvalue weighted by Crippen LogP contribution is 2.31. The maximum absolute atomic E-state index is 2.51. The average Bonchev–Trinajstić information content (AvgIpc) is 2.90. The van der Waals surface area contributed by atoms with Crippen molar-refractivity contribution in [2.75, 3.05) is 0 Å². The molecule has 0 saturated heterocycles. The van der Waals surface area contributed by atoms with Gasteiger partial charge in [0.15, 0.2) is 0 Å². The third kappa shape index (κ3) is 7.92. The lowest BCUT2D eigenvalue weighted by atomic mass is 9.89. The first-order chi connectivity index (χ1) is 9.88. The quantitative estimate of drug-likeness (QED) is 0.264. The van der Waals surface area contributed by atoms with E-state index in [1.807, 2.05) is 0 Å². The van der Waals surface area contributed by atoms with Crippen LogP contribution in [0.5, 0.6) is 0 Å². The zero-order valence-electron chi connectivity index (χ0n) is 13.9. The summed E-state index contributed by atoms with van der Waals surface area (Å²) >= 11 is 0. The molecule has 0 saturated carbocycles. The summed E-state index contributed by atoms with van der Waals surface area (Å²) in [6.45, 7) is 4.57. The minimum Gasteiger partial charge on any atom is -0.0882 e. The highest BCUT2D eigenvalue weighted by Gasteiger charge is 2.19. The molecular weight excluding hydrogens is 240 g/mol. The number of hydrogen-bond acceptors (Lipinski definition) is 0. The molecule has 0 heteroatoms. The first-order valence-electron chi connectivity index (χ1n) is 9.21. The van der Waals surface area contributed by atoms with Crippen molar-refractivity contribution in [3.63, 3.8) is 0 Å². The maximum atomic E-state index is 2.51. The summed E-state index contributed by atoms with van der Waals surface area (Å²) in [6, 6.07) is 0. The van der Waals surface area contributed by atoms with Crippen LogP contribution in [0.4, 0.5) is 0 Å². The molecule has 1 aliphatic carbocycles. The van der Waals surface area contributed by atoms with Crippen molar-refractivity contribution in [1.29, 1.82) is 0 Å². The number of allylic oxidation sites excluding steroid dienone is 4. The smallest absolute Gasteiger partial charge is 0.0136 e. The van der Waals surface area contributed by atoms with Gasteiger partial charge in [0.1, 0.15) is 0 Å². The van der Waals surface area contributed by atoms with Crippen LogP contribution in [0.1, 0.15) is 90.9 Å². The van der Waals surface area contributed by atoms with Crippen LogP contribution in [0.15, 0.2) is 24.3 Å². The van der Waals surface area contributed by atoms with Crippen LogP contribution in [0.25, 0.3) is 0 Å². The molecule has 0 aromatic heterocycles. The standard InChI is InChI=1S/C20H36/c1-3-5-7-9-11-13-16-20-18-14-17-19(20)15-12-10-8-6-4-2/h12,14-15,18-20H,3-11,13,16-17H2,1-2H3/t19-,20-/m0/s1. The van der Waals surface area contributed by atoms with E-state index < -0.39 is 0 Å². The molecule has 0 aliphatic heterocycles. The SMILES string of the molecule is CCCCCC=C[C@H]1CC=C[C@@H]1CCCCCCCC. The molecule has 0 unspecified atom stereocenters. The van der Waals surface area contributed by atoms with Crippen LogP contribution in [0.2, 0.25) is 0 Å². The summed E-state index contributed by atoms with van der Waals surface area (Å²) in [5, 5.41) is 0. The van der Waals surface area contributed by atoms with Crippen molar-refractivity contribution in [3.8, 4) is 0 Å². The molecule has 1 aliphatic rings. The van der Waals surface area contributed by atoms with Crippen molar-refractivity contribution in [2.45, 2.75) is 90.9 Å². The predicted molar refractivity (Wildman–Crippen MR) is 92.0 cm³/mol. The first-order valence-corrected chi connectivity index (χ1v) is 9.21. The summed E-state index contributed by atoms with van der Waals surface area (Å²) in [5.41, 5.74) is 0. The Bertz CT molecular complexity index is 261. The maximum Gasteiger partial charge on any atom is -0.0136 e. The zero-order valence-corrected chi connectivity index (χ0v) is 13.9. The second kappa shape index (κ2) is 12.2. The largest absolute Gasteiger partial charge is 0.0882 e. The van der Waals surface area contributed by atoms with Crippen LogP contribution in [0.3, 0.4) is 0 Å². The van der Waals surface area contributed by atoms with Gasteiger partial charge in [0.25, 0.3) is 0 Å². The van der Waals surface area contributed by atoms with E-state index in [4.69, 9.17) is 0 Å². The van der Waals surface area contributed by atoms with E-state index in [0.29, 0.717) is 0 Å². The fourth-order valence-corrected chi connectivity index (χ4v) is 3.20. The molecule has 0 radical (unpaired) electrons. The molecule has 2 atom stereocenters. The molecule has 0 spiro atoms. The van der Waals surface area contributed by atoms with Gasteiger partial charge in [0.05, 0.1) is 0 Å². The molecule has 0 bridgehead atoms. The van der Waals surface area contributed by atoms with Crippen LogP contribution < -0.4 is 0 Å². The van der Waals surface area contributed by atoms with E-state index in [2.05, 4.69) is 38.2 Å². The van der Waals surface area contributed by atoms with Crippen molar-refractivity contribution >= 4 is 0 Å². The fourth-order valence-electron chi connectivity index (χ4n) is 3.20. The predicted octanol–water partition coefficient (Wildman–Crippen LogP) is 7.07. The molecule has 116 valence electrons. The van der Waals surface area contributed by atoms with Gasteiger partial charge in [-0.15, -0.1) is 0 Å². The Hall–Kier alpha value is -0.520. The van der Waals surface area contributed by atoms with Crippen molar-refractivity contribution < 1.29 is 0 Å². The summed E-state index contributed by atoms with van der Waals surface area (Å²) in [4.78, 5) is 0. The van der Waals surface area contributed by atoms with Crippen molar-refractivity contribution in [3.05, 3.63) is 24.3 Å². The third-order valence-electron chi connectivity index (χ3n) is 4.59.